The molecule has 0 bridgehead atoms. The molecule has 3 rings (SSSR count). The number of carbonyl (C=O) groups is 1. The summed E-state index contributed by atoms with van der Waals surface area (Å²) in [6.07, 6.45) is 3.35. The molecule has 0 amide bonds. The van der Waals surface area contributed by atoms with Crippen molar-refractivity contribution in [2.75, 3.05) is 0 Å². The van der Waals surface area contributed by atoms with Crippen molar-refractivity contribution in [1.29, 1.82) is 0 Å². The highest BCUT2D eigenvalue weighted by Gasteiger charge is 2.01. The Bertz CT molecular complexity index is 853. The summed E-state index contributed by atoms with van der Waals surface area (Å²) in [5.74, 6) is 1.38. The second-order valence-corrected chi connectivity index (χ2v) is 5.63. The third-order valence-electron chi connectivity index (χ3n) is 3.39. The van der Waals surface area contributed by atoms with Crippen molar-refractivity contribution >= 4 is 23.5 Å². The van der Waals surface area contributed by atoms with Crippen LogP contribution in [-0.4, -0.2) is 5.78 Å². The van der Waals surface area contributed by atoms with E-state index in [1.165, 1.54) is 0 Å². The van der Waals surface area contributed by atoms with Crippen LogP contribution >= 0.6 is 11.6 Å². The first kappa shape index (κ1) is 16.0. The van der Waals surface area contributed by atoms with Gasteiger partial charge in [-0.3, -0.25) is 4.79 Å². The fraction of sp³-hybridized carbons (Fsp3) is 0. The summed E-state index contributed by atoms with van der Waals surface area (Å²) < 4.78 is 5.79. The minimum Gasteiger partial charge on any atom is -0.457 e. The zero-order chi connectivity index (χ0) is 16.8. The van der Waals surface area contributed by atoms with Crippen LogP contribution < -0.4 is 4.74 Å². The van der Waals surface area contributed by atoms with Gasteiger partial charge in [-0.1, -0.05) is 60.1 Å². The lowest BCUT2D eigenvalue weighted by atomic mass is 10.1. The maximum atomic E-state index is 12.1. The molecule has 0 radical (unpaired) electrons. The van der Waals surface area contributed by atoms with Gasteiger partial charge < -0.3 is 4.74 Å². The lowest BCUT2D eigenvalue weighted by molar-refractivity contribution is 0.104. The SMILES string of the molecule is O=C(/C=C/c1cccc(Oc2ccc(Cl)cc2)c1)c1ccccc1. The van der Waals surface area contributed by atoms with Gasteiger partial charge in [0.15, 0.2) is 5.78 Å². The van der Waals surface area contributed by atoms with Gasteiger partial charge in [-0.2, -0.15) is 0 Å². The molecule has 0 heterocycles. The van der Waals surface area contributed by atoms with Gasteiger partial charge in [-0.15, -0.1) is 0 Å². The molecule has 0 saturated heterocycles. The smallest absolute Gasteiger partial charge is 0.185 e. The first-order valence-corrected chi connectivity index (χ1v) is 7.89. The van der Waals surface area contributed by atoms with Crippen molar-refractivity contribution in [3.05, 3.63) is 101 Å². The van der Waals surface area contributed by atoms with Crippen LogP contribution in [0.2, 0.25) is 5.02 Å². The van der Waals surface area contributed by atoms with Crippen molar-refractivity contribution < 1.29 is 9.53 Å². The molecular formula is C21H15ClO2. The van der Waals surface area contributed by atoms with Gasteiger partial charge >= 0.3 is 0 Å². The summed E-state index contributed by atoms with van der Waals surface area (Å²) in [6, 6.07) is 23.9. The molecule has 2 nitrogen and oxygen atoms in total. The minimum atomic E-state index is -0.0281. The van der Waals surface area contributed by atoms with Gasteiger partial charge in [0, 0.05) is 10.6 Å². The van der Waals surface area contributed by atoms with Gasteiger partial charge in [0.1, 0.15) is 11.5 Å². The number of halogens is 1. The molecule has 0 atom stereocenters. The molecule has 0 aromatic heterocycles. The normalized spacial score (nSPS) is 10.7. The summed E-state index contributed by atoms with van der Waals surface area (Å²) in [4.78, 5) is 12.1. The van der Waals surface area contributed by atoms with Crippen molar-refractivity contribution in [2.24, 2.45) is 0 Å². The highest BCUT2D eigenvalue weighted by Crippen LogP contribution is 2.24. The molecule has 3 aromatic carbocycles. The third kappa shape index (κ3) is 4.34. The summed E-state index contributed by atoms with van der Waals surface area (Å²) in [7, 11) is 0. The number of ketones is 1. The van der Waals surface area contributed by atoms with E-state index in [-0.39, 0.29) is 5.78 Å². The predicted molar refractivity (Wildman–Crippen MR) is 97.8 cm³/mol. The van der Waals surface area contributed by atoms with E-state index in [1.807, 2.05) is 54.6 Å². The second-order valence-electron chi connectivity index (χ2n) is 5.19. The molecule has 0 saturated carbocycles. The largest absolute Gasteiger partial charge is 0.457 e. The predicted octanol–water partition coefficient (Wildman–Crippen LogP) is 6.03. The van der Waals surface area contributed by atoms with Gasteiger partial charge in [0.2, 0.25) is 0 Å². The molecule has 0 N–H and O–H groups in total. The standard InChI is InChI=1S/C21H15ClO2/c22-18-10-12-19(13-11-18)24-20-8-4-5-16(15-20)9-14-21(23)17-6-2-1-3-7-17/h1-15H/b14-9+. The van der Waals surface area contributed by atoms with E-state index < -0.39 is 0 Å². The number of benzene rings is 3. The molecule has 3 heteroatoms. The van der Waals surface area contributed by atoms with Crippen LogP contribution in [0.3, 0.4) is 0 Å². The summed E-state index contributed by atoms with van der Waals surface area (Å²) in [5, 5.41) is 0.665. The number of allylic oxidation sites excluding steroid dienone is 1. The van der Waals surface area contributed by atoms with Crippen LogP contribution in [0.15, 0.2) is 84.9 Å². The first-order chi connectivity index (χ1) is 11.7. The fourth-order valence-corrected chi connectivity index (χ4v) is 2.32. The van der Waals surface area contributed by atoms with Crippen molar-refractivity contribution in [1.82, 2.24) is 0 Å². The van der Waals surface area contributed by atoms with Gasteiger partial charge in [0.05, 0.1) is 0 Å². The number of carbonyl (C=O) groups excluding carboxylic acids is 1. The van der Waals surface area contributed by atoms with Gasteiger partial charge in [-0.25, -0.2) is 0 Å². The molecule has 0 spiro atoms. The molecule has 24 heavy (non-hydrogen) atoms. The van der Waals surface area contributed by atoms with Crippen LogP contribution in [0.5, 0.6) is 11.5 Å². The van der Waals surface area contributed by atoms with E-state index in [9.17, 15) is 4.79 Å². The minimum absolute atomic E-state index is 0.0281. The fourth-order valence-electron chi connectivity index (χ4n) is 2.19. The van der Waals surface area contributed by atoms with Crippen LogP contribution in [0, 0.1) is 0 Å². The average molecular weight is 335 g/mol. The highest BCUT2D eigenvalue weighted by atomic mass is 35.5. The number of hydrogen-bond donors (Lipinski definition) is 0. The van der Waals surface area contributed by atoms with Gasteiger partial charge in [-0.05, 0) is 48.0 Å². The first-order valence-electron chi connectivity index (χ1n) is 7.52. The maximum absolute atomic E-state index is 12.1. The Morgan fingerprint density at radius 3 is 2.33 bits per heavy atom. The Labute approximate surface area is 146 Å². The summed E-state index contributed by atoms with van der Waals surface area (Å²) in [5.41, 5.74) is 1.56. The molecule has 0 aliphatic heterocycles. The summed E-state index contributed by atoms with van der Waals surface area (Å²) in [6.45, 7) is 0. The number of hydrogen-bond acceptors (Lipinski definition) is 2. The van der Waals surface area contributed by atoms with E-state index in [4.69, 9.17) is 16.3 Å². The zero-order valence-corrected chi connectivity index (χ0v) is 13.6. The van der Waals surface area contributed by atoms with E-state index in [0.29, 0.717) is 22.1 Å². The Morgan fingerprint density at radius 2 is 1.58 bits per heavy atom. The molecule has 3 aromatic rings. The second kappa shape index (κ2) is 7.62. The molecule has 0 aliphatic carbocycles. The third-order valence-corrected chi connectivity index (χ3v) is 3.64. The molecular weight excluding hydrogens is 320 g/mol. The Kier molecular flexibility index (Phi) is 5.09. The Morgan fingerprint density at radius 1 is 0.833 bits per heavy atom. The average Bonchev–Trinajstić information content (AvgIpc) is 2.63. The van der Waals surface area contributed by atoms with Crippen LogP contribution in [0.25, 0.3) is 6.08 Å². The van der Waals surface area contributed by atoms with E-state index in [0.717, 1.165) is 5.56 Å². The quantitative estimate of drug-likeness (QED) is 0.420. The van der Waals surface area contributed by atoms with Crippen molar-refractivity contribution in [3.63, 3.8) is 0 Å². The molecule has 0 unspecified atom stereocenters. The molecule has 0 fully saturated rings. The van der Waals surface area contributed by atoms with Crippen LogP contribution in [0.1, 0.15) is 15.9 Å². The lowest BCUT2D eigenvalue weighted by Gasteiger charge is -2.06. The Balaban J connectivity index is 1.72. The van der Waals surface area contributed by atoms with Crippen molar-refractivity contribution in [2.45, 2.75) is 0 Å². The summed E-state index contributed by atoms with van der Waals surface area (Å²) >= 11 is 5.86. The lowest BCUT2D eigenvalue weighted by Crippen LogP contribution is -1.92. The topological polar surface area (TPSA) is 26.3 Å². The van der Waals surface area contributed by atoms with E-state index >= 15 is 0 Å². The van der Waals surface area contributed by atoms with E-state index in [2.05, 4.69) is 0 Å². The van der Waals surface area contributed by atoms with E-state index in [1.54, 1.807) is 36.4 Å². The molecule has 118 valence electrons. The molecule has 0 aliphatic rings. The number of ether oxygens (including phenoxy) is 1. The monoisotopic (exact) mass is 334 g/mol. The highest BCUT2D eigenvalue weighted by molar-refractivity contribution is 6.30. The number of rotatable bonds is 5. The zero-order valence-electron chi connectivity index (χ0n) is 12.9. The van der Waals surface area contributed by atoms with Crippen LogP contribution in [-0.2, 0) is 0 Å². The van der Waals surface area contributed by atoms with Crippen LogP contribution in [0.4, 0.5) is 0 Å². The maximum Gasteiger partial charge on any atom is 0.185 e. The van der Waals surface area contributed by atoms with Crippen molar-refractivity contribution in [3.8, 4) is 11.5 Å². The van der Waals surface area contributed by atoms with Gasteiger partial charge in [0.25, 0.3) is 0 Å². The Hall–Kier alpha value is -2.84.